The SMILES string of the molecule is CCCCC(C(=O)Cc1ccccc1)C(=O)NC(CS(=O)(=O)O)C(=O)O. The van der Waals surface area contributed by atoms with Gasteiger partial charge in [0, 0.05) is 6.42 Å². The third-order valence-electron chi connectivity index (χ3n) is 3.76. The number of ketones is 1. The highest BCUT2D eigenvalue weighted by atomic mass is 32.2. The molecular weight excluding hydrogens is 362 g/mol. The predicted molar refractivity (Wildman–Crippen MR) is 94.2 cm³/mol. The molecule has 144 valence electrons. The molecule has 0 saturated heterocycles. The van der Waals surface area contributed by atoms with Crippen LogP contribution in [0.3, 0.4) is 0 Å². The Kier molecular flexibility index (Phi) is 8.40. The van der Waals surface area contributed by atoms with E-state index in [1.165, 1.54) is 0 Å². The Balaban J connectivity index is 2.90. The number of amides is 1. The van der Waals surface area contributed by atoms with E-state index in [2.05, 4.69) is 5.32 Å². The standard InChI is InChI=1S/C17H23NO7S/c1-2-3-9-13(15(19)10-12-7-5-4-6-8-12)16(20)18-14(17(21)22)11-26(23,24)25/h4-8,13-14H,2-3,9-11H2,1H3,(H,18,20)(H,21,22)(H,23,24,25). The van der Waals surface area contributed by atoms with Gasteiger partial charge in [0.15, 0.2) is 0 Å². The Morgan fingerprint density at radius 1 is 1.15 bits per heavy atom. The van der Waals surface area contributed by atoms with Gasteiger partial charge in [-0.2, -0.15) is 8.42 Å². The van der Waals surface area contributed by atoms with Gasteiger partial charge < -0.3 is 10.4 Å². The van der Waals surface area contributed by atoms with Crippen molar-refractivity contribution in [3.05, 3.63) is 35.9 Å². The van der Waals surface area contributed by atoms with Crippen LogP contribution in [0.2, 0.25) is 0 Å². The van der Waals surface area contributed by atoms with Crippen molar-refractivity contribution in [1.29, 1.82) is 0 Å². The minimum Gasteiger partial charge on any atom is -0.480 e. The summed E-state index contributed by atoms with van der Waals surface area (Å²) >= 11 is 0. The number of carbonyl (C=O) groups excluding carboxylic acids is 2. The van der Waals surface area contributed by atoms with Crippen molar-refractivity contribution in [1.82, 2.24) is 5.32 Å². The molecule has 0 heterocycles. The lowest BCUT2D eigenvalue weighted by molar-refractivity contribution is -0.143. The van der Waals surface area contributed by atoms with E-state index in [9.17, 15) is 22.8 Å². The number of Topliss-reactive ketones (excluding diaryl/α,β-unsaturated/α-hetero) is 1. The lowest BCUT2D eigenvalue weighted by atomic mass is 9.92. The quantitative estimate of drug-likeness (QED) is 0.382. The summed E-state index contributed by atoms with van der Waals surface area (Å²) in [6, 6.07) is 6.97. The van der Waals surface area contributed by atoms with Crippen LogP contribution in [0.25, 0.3) is 0 Å². The molecule has 0 aliphatic heterocycles. The molecule has 8 nitrogen and oxygen atoms in total. The zero-order valence-corrected chi connectivity index (χ0v) is 15.2. The zero-order chi connectivity index (χ0) is 19.7. The summed E-state index contributed by atoms with van der Waals surface area (Å²) in [4.78, 5) is 36.1. The third-order valence-corrected chi connectivity index (χ3v) is 4.52. The fraction of sp³-hybridized carbons (Fsp3) is 0.471. The van der Waals surface area contributed by atoms with E-state index in [4.69, 9.17) is 9.66 Å². The van der Waals surface area contributed by atoms with Crippen LogP contribution in [0.5, 0.6) is 0 Å². The number of rotatable bonds is 11. The van der Waals surface area contributed by atoms with Crippen LogP contribution in [-0.4, -0.2) is 47.5 Å². The summed E-state index contributed by atoms with van der Waals surface area (Å²) in [6.07, 6.45) is 1.55. The molecule has 0 radical (unpaired) electrons. The zero-order valence-electron chi connectivity index (χ0n) is 14.4. The van der Waals surface area contributed by atoms with Gasteiger partial charge in [0.05, 0.1) is 5.92 Å². The van der Waals surface area contributed by atoms with Gasteiger partial charge in [-0.3, -0.25) is 14.1 Å². The number of unbranched alkanes of at least 4 members (excludes halogenated alkanes) is 1. The van der Waals surface area contributed by atoms with Gasteiger partial charge in [0.1, 0.15) is 17.6 Å². The molecule has 26 heavy (non-hydrogen) atoms. The summed E-state index contributed by atoms with van der Waals surface area (Å²) in [6.45, 7) is 1.88. The number of carbonyl (C=O) groups is 3. The van der Waals surface area contributed by atoms with Crippen LogP contribution in [0.4, 0.5) is 0 Å². The van der Waals surface area contributed by atoms with Gasteiger partial charge >= 0.3 is 5.97 Å². The number of carboxylic acid groups (broad SMARTS) is 1. The minimum absolute atomic E-state index is 0.0126. The number of benzene rings is 1. The summed E-state index contributed by atoms with van der Waals surface area (Å²) < 4.78 is 30.7. The van der Waals surface area contributed by atoms with E-state index >= 15 is 0 Å². The average Bonchev–Trinajstić information content (AvgIpc) is 2.54. The van der Waals surface area contributed by atoms with Crippen LogP contribution in [-0.2, 0) is 30.9 Å². The number of carboxylic acids is 1. The number of hydrogen-bond acceptors (Lipinski definition) is 5. The maximum Gasteiger partial charge on any atom is 0.327 e. The van der Waals surface area contributed by atoms with Gasteiger partial charge in [0.25, 0.3) is 10.1 Å². The summed E-state index contributed by atoms with van der Waals surface area (Å²) in [5, 5.41) is 11.1. The van der Waals surface area contributed by atoms with Gasteiger partial charge in [-0.1, -0.05) is 50.1 Å². The van der Waals surface area contributed by atoms with E-state index in [-0.39, 0.29) is 18.6 Å². The highest BCUT2D eigenvalue weighted by molar-refractivity contribution is 7.85. The van der Waals surface area contributed by atoms with Crippen LogP contribution in [0.1, 0.15) is 31.7 Å². The fourth-order valence-electron chi connectivity index (χ4n) is 2.42. The van der Waals surface area contributed by atoms with Crippen LogP contribution in [0.15, 0.2) is 30.3 Å². The van der Waals surface area contributed by atoms with E-state index in [1.54, 1.807) is 30.3 Å². The Morgan fingerprint density at radius 3 is 2.27 bits per heavy atom. The number of nitrogens with one attached hydrogen (secondary N) is 1. The van der Waals surface area contributed by atoms with Crippen LogP contribution in [0, 0.1) is 5.92 Å². The van der Waals surface area contributed by atoms with E-state index in [0.717, 1.165) is 12.0 Å². The predicted octanol–water partition coefficient (Wildman–Crippen LogP) is 1.06. The van der Waals surface area contributed by atoms with Gasteiger partial charge in [-0.25, -0.2) is 4.79 Å². The lowest BCUT2D eigenvalue weighted by Gasteiger charge is -2.19. The maximum atomic E-state index is 12.5. The monoisotopic (exact) mass is 385 g/mol. The van der Waals surface area contributed by atoms with E-state index in [1.807, 2.05) is 6.92 Å². The molecule has 1 amide bonds. The van der Waals surface area contributed by atoms with Crippen molar-refractivity contribution in [3.8, 4) is 0 Å². The highest BCUT2D eigenvalue weighted by Crippen LogP contribution is 2.14. The third kappa shape index (κ3) is 7.75. The molecular formula is C17H23NO7S. The first kappa shape index (κ1) is 21.8. The van der Waals surface area contributed by atoms with Crippen molar-refractivity contribution < 1.29 is 32.5 Å². The van der Waals surface area contributed by atoms with Crippen molar-refractivity contribution in [2.24, 2.45) is 5.92 Å². The molecule has 0 fully saturated rings. The second-order valence-corrected chi connectivity index (χ2v) is 7.47. The molecule has 0 spiro atoms. The van der Waals surface area contributed by atoms with Crippen molar-refractivity contribution in [2.75, 3.05) is 5.75 Å². The second-order valence-electron chi connectivity index (χ2n) is 5.97. The van der Waals surface area contributed by atoms with Crippen molar-refractivity contribution >= 4 is 27.8 Å². The van der Waals surface area contributed by atoms with Crippen LogP contribution < -0.4 is 5.32 Å². The Bertz CT molecular complexity index is 731. The second kappa shape index (κ2) is 10.0. The molecule has 2 atom stereocenters. The minimum atomic E-state index is -4.61. The van der Waals surface area contributed by atoms with E-state index < -0.39 is 39.7 Å². The number of aliphatic carboxylic acids is 1. The Morgan fingerprint density at radius 2 is 1.77 bits per heavy atom. The Labute approximate surface area is 152 Å². The topological polar surface area (TPSA) is 138 Å². The molecule has 0 aliphatic rings. The largest absolute Gasteiger partial charge is 0.480 e. The first-order valence-electron chi connectivity index (χ1n) is 8.19. The molecule has 2 unspecified atom stereocenters. The normalized spacial score (nSPS) is 13.6. The maximum absolute atomic E-state index is 12.5. The molecule has 0 aromatic heterocycles. The molecule has 0 aliphatic carbocycles. The smallest absolute Gasteiger partial charge is 0.327 e. The molecule has 3 N–H and O–H groups in total. The van der Waals surface area contributed by atoms with Gasteiger partial charge in [-0.15, -0.1) is 0 Å². The molecule has 0 saturated carbocycles. The number of hydrogen-bond donors (Lipinski definition) is 3. The van der Waals surface area contributed by atoms with Gasteiger partial charge in [-0.05, 0) is 12.0 Å². The molecule has 0 bridgehead atoms. The summed E-state index contributed by atoms with van der Waals surface area (Å²) in [5.41, 5.74) is 0.722. The molecule has 1 rings (SSSR count). The summed E-state index contributed by atoms with van der Waals surface area (Å²) in [5.74, 6) is -5.09. The molecule has 9 heteroatoms. The highest BCUT2D eigenvalue weighted by Gasteiger charge is 2.31. The average molecular weight is 385 g/mol. The van der Waals surface area contributed by atoms with E-state index in [0.29, 0.717) is 6.42 Å². The van der Waals surface area contributed by atoms with Gasteiger partial charge in [0.2, 0.25) is 5.91 Å². The molecule has 1 aromatic carbocycles. The fourth-order valence-corrected chi connectivity index (χ4v) is 3.07. The van der Waals surface area contributed by atoms with Crippen molar-refractivity contribution in [2.45, 2.75) is 38.6 Å². The lowest BCUT2D eigenvalue weighted by Crippen LogP contribution is -2.48. The molecule has 1 aromatic rings. The Hall–Kier alpha value is -2.26. The first-order chi connectivity index (χ1) is 12.1. The van der Waals surface area contributed by atoms with Crippen molar-refractivity contribution in [3.63, 3.8) is 0 Å². The first-order valence-corrected chi connectivity index (χ1v) is 9.80. The summed E-state index contributed by atoms with van der Waals surface area (Å²) in [7, 11) is -4.61. The van der Waals surface area contributed by atoms with Crippen LogP contribution >= 0.6 is 0 Å².